The van der Waals surface area contributed by atoms with Crippen LogP contribution in [0.1, 0.15) is 0 Å². The van der Waals surface area contributed by atoms with Crippen LogP contribution in [0, 0.1) is 0 Å². The van der Waals surface area contributed by atoms with E-state index in [2.05, 4.69) is 39.7 Å². The van der Waals surface area contributed by atoms with Crippen molar-refractivity contribution < 1.29 is 4.74 Å². The molecule has 0 unspecified atom stereocenters. The number of hydrogen-bond acceptors (Lipinski definition) is 3. The summed E-state index contributed by atoms with van der Waals surface area (Å²) in [7, 11) is 5.54. The van der Waals surface area contributed by atoms with Crippen LogP contribution in [0.25, 0.3) is 0 Å². The summed E-state index contributed by atoms with van der Waals surface area (Å²) in [4.78, 5) is 6.35. The SMILES string of the molecule is CN=C(NCCOC)NCCN(C)c1ccccc1. The lowest BCUT2D eigenvalue weighted by molar-refractivity contribution is 0.203. The second-order valence-electron chi connectivity index (χ2n) is 4.18. The molecular weight excluding hydrogens is 240 g/mol. The molecule has 1 aromatic carbocycles. The highest BCUT2D eigenvalue weighted by atomic mass is 16.5. The summed E-state index contributed by atoms with van der Waals surface area (Å²) in [6.07, 6.45) is 0. The molecular formula is C14H24N4O. The first-order valence-corrected chi connectivity index (χ1v) is 6.47. The zero-order chi connectivity index (χ0) is 13.9. The van der Waals surface area contributed by atoms with Crippen LogP contribution in [0.2, 0.25) is 0 Å². The summed E-state index contributed by atoms with van der Waals surface area (Å²) in [5.41, 5.74) is 1.21. The minimum atomic E-state index is 0.671. The normalized spacial score (nSPS) is 11.2. The molecule has 19 heavy (non-hydrogen) atoms. The highest BCUT2D eigenvalue weighted by Gasteiger charge is 2.00. The Morgan fingerprint density at radius 2 is 1.89 bits per heavy atom. The second kappa shape index (κ2) is 9.22. The van der Waals surface area contributed by atoms with Gasteiger partial charge in [0.15, 0.2) is 5.96 Å². The molecule has 5 nitrogen and oxygen atoms in total. The average Bonchev–Trinajstić information content (AvgIpc) is 2.46. The highest BCUT2D eigenvalue weighted by molar-refractivity contribution is 5.79. The fourth-order valence-electron chi connectivity index (χ4n) is 1.65. The van der Waals surface area contributed by atoms with E-state index in [4.69, 9.17) is 4.74 Å². The van der Waals surface area contributed by atoms with Gasteiger partial charge in [0.05, 0.1) is 6.61 Å². The molecule has 1 rings (SSSR count). The number of hydrogen-bond donors (Lipinski definition) is 2. The third-order valence-electron chi connectivity index (χ3n) is 2.76. The first-order valence-electron chi connectivity index (χ1n) is 6.47. The standard InChI is InChI=1S/C14H24N4O/c1-15-14(17-10-12-19-3)16-9-11-18(2)13-7-5-4-6-8-13/h4-8H,9-12H2,1-3H3,(H2,15,16,17). The molecule has 106 valence electrons. The Morgan fingerprint density at radius 3 is 2.53 bits per heavy atom. The van der Waals surface area contributed by atoms with Crippen molar-refractivity contribution in [1.29, 1.82) is 0 Å². The number of aliphatic imine (C=N–C) groups is 1. The van der Waals surface area contributed by atoms with E-state index in [0.717, 1.165) is 25.6 Å². The minimum absolute atomic E-state index is 0.671. The lowest BCUT2D eigenvalue weighted by Gasteiger charge is -2.20. The molecule has 0 aliphatic carbocycles. The van der Waals surface area contributed by atoms with Crippen LogP contribution < -0.4 is 15.5 Å². The van der Waals surface area contributed by atoms with Gasteiger partial charge in [0.2, 0.25) is 0 Å². The van der Waals surface area contributed by atoms with Crippen LogP contribution in [0.3, 0.4) is 0 Å². The lowest BCUT2D eigenvalue weighted by Crippen LogP contribution is -2.42. The Morgan fingerprint density at radius 1 is 1.21 bits per heavy atom. The van der Waals surface area contributed by atoms with Crippen molar-refractivity contribution in [3.63, 3.8) is 0 Å². The summed E-state index contributed by atoms with van der Waals surface area (Å²) >= 11 is 0. The monoisotopic (exact) mass is 264 g/mol. The lowest BCUT2D eigenvalue weighted by atomic mass is 10.3. The summed E-state index contributed by atoms with van der Waals surface area (Å²) in [5, 5.41) is 6.45. The third-order valence-corrected chi connectivity index (χ3v) is 2.76. The molecule has 0 saturated heterocycles. The van der Waals surface area contributed by atoms with E-state index in [-0.39, 0.29) is 0 Å². The molecule has 0 heterocycles. The van der Waals surface area contributed by atoms with Gasteiger partial charge in [-0.15, -0.1) is 0 Å². The van der Waals surface area contributed by atoms with Crippen LogP contribution >= 0.6 is 0 Å². The largest absolute Gasteiger partial charge is 0.383 e. The molecule has 0 aliphatic heterocycles. The van der Waals surface area contributed by atoms with Gasteiger partial charge in [-0.05, 0) is 12.1 Å². The molecule has 0 aliphatic rings. The Labute approximate surface area is 115 Å². The van der Waals surface area contributed by atoms with Crippen molar-refractivity contribution in [2.75, 3.05) is 52.3 Å². The quantitative estimate of drug-likeness (QED) is 0.437. The molecule has 1 aromatic rings. The molecule has 2 N–H and O–H groups in total. The number of ether oxygens (including phenoxy) is 1. The van der Waals surface area contributed by atoms with E-state index < -0.39 is 0 Å². The number of rotatable bonds is 7. The topological polar surface area (TPSA) is 48.9 Å². The van der Waals surface area contributed by atoms with Gasteiger partial charge >= 0.3 is 0 Å². The van der Waals surface area contributed by atoms with Gasteiger partial charge in [-0.2, -0.15) is 0 Å². The van der Waals surface area contributed by atoms with E-state index in [1.165, 1.54) is 5.69 Å². The van der Waals surface area contributed by atoms with Gasteiger partial charge < -0.3 is 20.3 Å². The van der Waals surface area contributed by atoms with Crippen molar-refractivity contribution in [2.45, 2.75) is 0 Å². The number of methoxy groups -OCH3 is 1. The van der Waals surface area contributed by atoms with Crippen molar-refractivity contribution in [1.82, 2.24) is 10.6 Å². The van der Waals surface area contributed by atoms with Gasteiger partial charge in [0, 0.05) is 46.5 Å². The van der Waals surface area contributed by atoms with Gasteiger partial charge in [-0.3, -0.25) is 4.99 Å². The van der Waals surface area contributed by atoms with E-state index in [1.54, 1.807) is 14.2 Å². The number of anilines is 1. The number of guanidine groups is 1. The van der Waals surface area contributed by atoms with Gasteiger partial charge in [0.1, 0.15) is 0 Å². The summed E-state index contributed by atoms with van der Waals surface area (Å²) in [6.45, 7) is 3.17. The molecule has 0 radical (unpaired) electrons. The van der Waals surface area contributed by atoms with E-state index >= 15 is 0 Å². The summed E-state index contributed by atoms with van der Waals surface area (Å²) in [5.74, 6) is 0.804. The molecule has 0 amide bonds. The van der Waals surface area contributed by atoms with E-state index in [1.807, 2.05) is 18.2 Å². The maximum Gasteiger partial charge on any atom is 0.191 e. The van der Waals surface area contributed by atoms with Gasteiger partial charge in [-0.25, -0.2) is 0 Å². The van der Waals surface area contributed by atoms with Crippen LogP contribution in [0.5, 0.6) is 0 Å². The van der Waals surface area contributed by atoms with Crippen LogP contribution in [0.15, 0.2) is 35.3 Å². The molecule has 0 spiro atoms. The Bertz CT molecular complexity index is 367. The van der Waals surface area contributed by atoms with Crippen LogP contribution in [-0.4, -0.2) is 53.4 Å². The number of nitrogens with zero attached hydrogens (tertiary/aromatic N) is 2. The summed E-state index contributed by atoms with van der Waals surface area (Å²) in [6, 6.07) is 10.3. The maximum atomic E-state index is 4.98. The van der Waals surface area contributed by atoms with E-state index in [0.29, 0.717) is 6.61 Å². The van der Waals surface area contributed by atoms with Crippen molar-refractivity contribution in [3.8, 4) is 0 Å². The number of likely N-dealkylation sites (N-methyl/N-ethyl adjacent to an activating group) is 1. The molecule has 0 atom stereocenters. The number of nitrogens with one attached hydrogen (secondary N) is 2. The minimum Gasteiger partial charge on any atom is -0.383 e. The molecule has 0 fully saturated rings. The predicted octanol–water partition coefficient (Wildman–Crippen LogP) is 0.934. The van der Waals surface area contributed by atoms with Crippen LogP contribution in [-0.2, 0) is 4.74 Å². The highest BCUT2D eigenvalue weighted by Crippen LogP contribution is 2.09. The maximum absolute atomic E-state index is 4.98. The number of para-hydroxylation sites is 1. The first kappa shape index (κ1) is 15.3. The fourth-order valence-corrected chi connectivity index (χ4v) is 1.65. The Hall–Kier alpha value is -1.75. The Balaban J connectivity index is 2.25. The Kier molecular flexibility index (Phi) is 7.43. The zero-order valence-electron chi connectivity index (χ0n) is 12.0. The van der Waals surface area contributed by atoms with Gasteiger partial charge in [-0.1, -0.05) is 18.2 Å². The van der Waals surface area contributed by atoms with Crippen molar-refractivity contribution in [3.05, 3.63) is 30.3 Å². The van der Waals surface area contributed by atoms with Crippen LogP contribution in [0.4, 0.5) is 5.69 Å². The molecule has 0 aromatic heterocycles. The number of benzene rings is 1. The molecule has 0 bridgehead atoms. The molecule has 5 heteroatoms. The van der Waals surface area contributed by atoms with Crippen molar-refractivity contribution >= 4 is 11.6 Å². The second-order valence-corrected chi connectivity index (χ2v) is 4.18. The van der Waals surface area contributed by atoms with Gasteiger partial charge in [0.25, 0.3) is 0 Å². The fraction of sp³-hybridized carbons (Fsp3) is 0.500. The molecule has 0 saturated carbocycles. The van der Waals surface area contributed by atoms with E-state index in [9.17, 15) is 0 Å². The first-order chi connectivity index (χ1) is 9.27. The zero-order valence-corrected chi connectivity index (χ0v) is 12.0. The van der Waals surface area contributed by atoms with Crippen molar-refractivity contribution in [2.24, 2.45) is 4.99 Å². The smallest absolute Gasteiger partial charge is 0.191 e. The summed E-state index contributed by atoms with van der Waals surface area (Å²) < 4.78 is 4.98. The average molecular weight is 264 g/mol. The predicted molar refractivity (Wildman–Crippen MR) is 81.0 cm³/mol. The third kappa shape index (κ3) is 6.10.